The number of Topliss-reactive ketones (excluding diaryl/α,β-unsaturated/α-hetero) is 1. The number of benzene rings is 1. The molecule has 1 aliphatic heterocycles. The van der Waals surface area contributed by atoms with Gasteiger partial charge >= 0.3 is 5.97 Å². The minimum Gasteiger partial charge on any atom is -0.479 e. The summed E-state index contributed by atoms with van der Waals surface area (Å²) in [6.07, 6.45) is 0.942. The number of carbonyl (C=O) groups is 2. The van der Waals surface area contributed by atoms with Gasteiger partial charge in [-0.3, -0.25) is 4.79 Å². The van der Waals surface area contributed by atoms with Gasteiger partial charge in [0, 0.05) is 6.26 Å². The van der Waals surface area contributed by atoms with Crippen molar-refractivity contribution < 1.29 is 23.1 Å². The Morgan fingerprint density at radius 1 is 1.39 bits per heavy atom. The summed E-state index contributed by atoms with van der Waals surface area (Å²) in [6.45, 7) is 0. The van der Waals surface area contributed by atoms with Crippen LogP contribution >= 0.6 is 0 Å². The number of carboxylic acids is 1. The SMILES string of the molecule is CS(=O)(=O)c1cccc2c1C(=O)C(C(=O)O)N=N2. The third kappa shape index (κ3) is 1.90. The van der Waals surface area contributed by atoms with E-state index >= 15 is 0 Å². The number of hydrogen-bond acceptors (Lipinski definition) is 6. The first-order chi connectivity index (χ1) is 8.32. The van der Waals surface area contributed by atoms with Crippen LogP contribution in [0, 0.1) is 0 Å². The number of carboxylic acid groups (broad SMARTS) is 1. The number of rotatable bonds is 2. The lowest BCUT2D eigenvalue weighted by Gasteiger charge is -2.15. The fourth-order valence-electron chi connectivity index (χ4n) is 1.63. The van der Waals surface area contributed by atoms with Crippen molar-refractivity contribution >= 4 is 27.3 Å². The topological polar surface area (TPSA) is 113 Å². The van der Waals surface area contributed by atoms with Gasteiger partial charge in [0.1, 0.15) is 0 Å². The Labute approximate surface area is 102 Å². The van der Waals surface area contributed by atoms with E-state index in [0.29, 0.717) is 0 Å². The number of azo groups is 1. The van der Waals surface area contributed by atoms with E-state index in [0.717, 1.165) is 6.26 Å². The average molecular weight is 268 g/mol. The molecule has 0 amide bonds. The van der Waals surface area contributed by atoms with Gasteiger partial charge in [0.25, 0.3) is 0 Å². The minimum absolute atomic E-state index is 0.0698. The van der Waals surface area contributed by atoms with Crippen LogP contribution in [-0.2, 0) is 14.6 Å². The van der Waals surface area contributed by atoms with Gasteiger partial charge in [-0.1, -0.05) is 6.07 Å². The van der Waals surface area contributed by atoms with Crippen LogP contribution in [0.5, 0.6) is 0 Å². The van der Waals surface area contributed by atoms with Gasteiger partial charge in [0.2, 0.25) is 11.8 Å². The average Bonchev–Trinajstić information content (AvgIpc) is 2.27. The molecule has 0 saturated heterocycles. The third-order valence-corrected chi connectivity index (χ3v) is 3.55. The second kappa shape index (κ2) is 3.98. The molecule has 0 fully saturated rings. The number of carbonyl (C=O) groups excluding carboxylic acids is 1. The van der Waals surface area contributed by atoms with Crippen molar-refractivity contribution in [2.45, 2.75) is 10.9 Å². The molecule has 2 rings (SSSR count). The normalized spacial score (nSPS) is 18.5. The molecule has 0 aromatic heterocycles. The predicted octanol–water partition coefficient (Wildman–Crippen LogP) is 0.823. The van der Waals surface area contributed by atoms with Gasteiger partial charge in [-0.15, -0.1) is 0 Å². The molecule has 0 spiro atoms. The molecular formula is C10H8N2O5S. The zero-order valence-electron chi connectivity index (χ0n) is 9.19. The molecule has 1 atom stereocenters. The van der Waals surface area contributed by atoms with Crippen LogP contribution in [0.15, 0.2) is 33.3 Å². The highest BCUT2D eigenvalue weighted by atomic mass is 32.2. The fraction of sp³-hybridized carbons (Fsp3) is 0.200. The highest BCUT2D eigenvalue weighted by molar-refractivity contribution is 7.90. The molecule has 18 heavy (non-hydrogen) atoms. The van der Waals surface area contributed by atoms with Gasteiger partial charge < -0.3 is 5.11 Å². The zero-order valence-corrected chi connectivity index (χ0v) is 10.0. The van der Waals surface area contributed by atoms with Gasteiger partial charge in [0.05, 0.1) is 16.1 Å². The molecule has 1 aromatic carbocycles. The van der Waals surface area contributed by atoms with Crippen LogP contribution in [0.25, 0.3) is 0 Å². The van der Waals surface area contributed by atoms with E-state index in [1.807, 2.05) is 0 Å². The lowest BCUT2D eigenvalue weighted by atomic mass is 10.0. The Hall–Kier alpha value is -2.09. The molecule has 1 heterocycles. The van der Waals surface area contributed by atoms with Crippen molar-refractivity contribution in [3.8, 4) is 0 Å². The van der Waals surface area contributed by atoms with Crippen LogP contribution < -0.4 is 0 Å². The van der Waals surface area contributed by atoms with E-state index in [9.17, 15) is 18.0 Å². The Balaban J connectivity index is 2.72. The quantitative estimate of drug-likeness (QED) is 0.798. The van der Waals surface area contributed by atoms with Crippen molar-refractivity contribution in [1.82, 2.24) is 0 Å². The smallest absolute Gasteiger partial charge is 0.338 e. The Bertz CT molecular complexity index is 678. The number of ketones is 1. The largest absolute Gasteiger partial charge is 0.479 e. The van der Waals surface area contributed by atoms with Gasteiger partial charge in [0.15, 0.2) is 9.84 Å². The standard InChI is InChI=1S/C10H8N2O5S/c1-18(16,17)6-4-2-3-5-7(6)9(13)8(10(14)15)12-11-5/h2-4,8H,1H3,(H,14,15). The molecule has 8 heteroatoms. The van der Waals surface area contributed by atoms with Crippen molar-refractivity contribution in [2.75, 3.05) is 6.26 Å². The van der Waals surface area contributed by atoms with E-state index in [4.69, 9.17) is 5.11 Å². The minimum atomic E-state index is -3.64. The van der Waals surface area contributed by atoms with Gasteiger partial charge in [-0.2, -0.15) is 10.2 Å². The summed E-state index contributed by atoms with van der Waals surface area (Å²) in [4.78, 5) is 22.5. The third-order valence-electron chi connectivity index (χ3n) is 2.41. The molecule has 0 saturated carbocycles. The highest BCUT2D eigenvalue weighted by Gasteiger charge is 2.35. The fourth-order valence-corrected chi connectivity index (χ4v) is 2.53. The van der Waals surface area contributed by atoms with Crippen LogP contribution in [0.4, 0.5) is 5.69 Å². The lowest BCUT2D eigenvalue weighted by molar-refractivity contribution is -0.137. The molecule has 0 aliphatic carbocycles. The molecule has 1 N–H and O–H groups in total. The molecule has 1 aromatic rings. The monoisotopic (exact) mass is 268 g/mol. The lowest BCUT2D eigenvalue weighted by Crippen LogP contribution is -2.30. The highest BCUT2D eigenvalue weighted by Crippen LogP contribution is 2.32. The van der Waals surface area contributed by atoms with Crippen molar-refractivity contribution in [3.05, 3.63) is 23.8 Å². The Morgan fingerprint density at radius 3 is 2.61 bits per heavy atom. The number of fused-ring (bicyclic) bond motifs is 1. The van der Waals surface area contributed by atoms with E-state index < -0.39 is 27.6 Å². The number of hydrogen-bond donors (Lipinski definition) is 1. The zero-order chi connectivity index (χ0) is 13.5. The molecule has 1 aliphatic rings. The van der Waals surface area contributed by atoms with Crippen molar-refractivity contribution in [3.63, 3.8) is 0 Å². The Kier molecular flexibility index (Phi) is 2.74. The molecule has 94 valence electrons. The van der Waals surface area contributed by atoms with Crippen LogP contribution in [0.3, 0.4) is 0 Å². The maximum Gasteiger partial charge on any atom is 0.338 e. The molecule has 7 nitrogen and oxygen atoms in total. The van der Waals surface area contributed by atoms with Crippen LogP contribution in [0.2, 0.25) is 0 Å². The van der Waals surface area contributed by atoms with Crippen molar-refractivity contribution in [2.24, 2.45) is 10.2 Å². The summed E-state index contributed by atoms with van der Waals surface area (Å²) in [5, 5.41) is 15.7. The molecular weight excluding hydrogens is 260 g/mol. The van der Waals surface area contributed by atoms with E-state index in [2.05, 4.69) is 10.2 Å². The summed E-state index contributed by atoms with van der Waals surface area (Å²) < 4.78 is 23.1. The summed E-state index contributed by atoms with van der Waals surface area (Å²) in [7, 11) is -3.64. The second-order valence-corrected chi connectivity index (χ2v) is 5.73. The summed E-state index contributed by atoms with van der Waals surface area (Å²) in [5.74, 6) is -2.33. The van der Waals surface area contributed by atoms with Gasteiger partial charge in [-0.25, -0.2) is 13.2 Å². The summed E-state index contributed by atoms with van der Waals surface area (Å²) in [5.41, 5.74) is -0.136. The summed E-state index contributed by atoms with van der Waals surface area (Å²) in [6, 6.07) is 2.39. The second-order valence-electron chi connectivity index (χ2n) is 3.74. The van der Waals surface area contributed by atoms with E-state index in [-0.39, 0.29) is 16.1 Å². The number of nitrogens with zero attached hydrogens (tertiary/aromatic N) is 2. The predicted molar refractivity (Wildman–Crippen MR) is 59.8 cm³/mol. The van der Waals surface area contributed by atoms with E-state index in [1.165, 1.54) is 18.2 Å². The van der Waals surface area contributed by atoms with Crippen LogP contribution in [-0.4, -0.2) is 37.6 Å². The van der Waals surface area contributed by atoms with Crippen LogP contribution in [0.1, 0.15) is 10.4 Å². The first-order valence-corrected chi connectivity index (χ1v) is 6.72. The first kappa shape index (κ1) is 12.4. The van der Waals surface area contributed by atoms with Gasteiger partial charge in [-0.05, 0) is 12.1 Å². The first-order valence-electron chi connectivity index (χ1n) is 4.83. The Morgan fingerprint density at radius 2 is 2.06 bits per heavy atom. The molecule has 0 radical (unpaired) electrons. The van der Waals surface area contributed by atoms with Crippen molar-refractivity contribution in [1.29, 1.82) is 0 Å². The summed E-state index contributed by atoms with van der Waals surface area (Å²) >= 11 is 0. The molecule has 1 unspecified atom stereocenters. The maximum absolute atomic E-state index is 11.9. The number of sulfone groups is 1. The maximum atomic E-state index is 11.9. The van der Waals surface area contributed by atoms with E-state index in [1.54, 1.807) is 0 Å². The molecule has 0 bridgehead atoms. The number of aliphatic carboxylic acids is 1.